The molecule has 1 heterocycles. The van der Waals surface area contributed by atoms with E-state index in [4.69, 9.17) is 0 Å². The second-order valence-electron chi connectivity index (χ2n) is 7.37. The van der Waals surface area contributed by atoms with E-state index in [-0.39, 0.29) is 11.3 Å². The third kappa shape index (κ3) is 4.27. The summed E-state index contributed by atoms with van der Waals surface area (Å²) in [7, 11) is 0. The van der Waals surface area contributed by atoms with Gasteiger partial charge in [0.05, 0.1) is 0 Å². The van der Waals surface area contributed by atoms with E-state index >= 15 is 0 Å². The first-order chi connectivity index (χ1) is 11.9. The molecule has 3 rings (SSSR count). The van der Waals surface area contributed by atoms with Gasteiger partial charge in [-0.15, -0.1) is 0 Å². The van der Waals surface area contributed by atoms with E-state index in [9.17, 15) is 4.79 Å². The van der Waals surface area contributed by atoms with Crippen LogP contribution in [0.5, 0.6) is 0 Å². The van der Waals surface area contributed by atoms with Crippen LogP contribution in [0, 0.1) is 0 Å². The fraction of sp³-hybridized carbons (Fsp3) is 0.333. The van der Waals surface area contributed by atoms with Gasteiger partial charge >= 0.3 is 0 Å². The van der Waals surface area contributed by atoms with Gasteiger partial charge in [-0.1, -0.05) is 45.0 Å². The maximum absolute atomic E-state index is 12.5. The molecular formula is C21H25N3O. The molecule has 0 aromatic heterocycles. The quantitative estimate of drug-likeness (QED) is 0.891. The van der Waals surface area contributed by atoms with Gasteiger partial charge in [0.2, 0.25) is 0 Å². The van der Waals surface area contributed by atoms with Crippen LogP contribution in [0.4, 0.5) is 5.69 Å². The molecule has 4 heteroatoms. The molecule has 1 amide bonds. The topological polar surface area (TPSA) is 53.5 Å². The van der Waals surface area contributed by atoms with Gasteiger partial charge in [0.15, 0.2) is 0 Å². The van der Waals surface area contributed by atoms with Crippen molar-refractivity contribution in [1.29, 1.82) is 0 Å². The van der Waals surface area contributed by atoms with Crippen LogP contribution in [-0.4, -0.2) is 24.8 Å². The molecule has 2 N–H and O–H groups in total. The van der Waals surface area contributed by atoms with E-state index in [0.717, 1.165) is 36.6 Å². The molecule has 1 aliphatic heterocycles. The van der Waals surface area contributed by atoms with E-state index in [0.29, 0.717) is 5.56 Å². The monoisotopic (exact) mass is 335 g/mol. The van der Waals surface area contributed by atoms with Gasteiger partial charge in [-0.2, -0.15) is 0 Å². The zero-order valence-electron chi connectivity index (χ0n) is 15.1. The lowest BCUT2D eigenvalue weighted by Gasteiger charge is -2.19. The standard InChI is InChI=1S/C21H25N3O/c1-21(2,3)17-10-8-15(9-11-17)20(25)24-18-7-4-6-16(14-18)19-22-12-5-13-23-19/h4,6-11,14H,5,12-13H2,1-3H3,(H,22,23)(H,24,25). The number of hydrogen-bond donors (Lipinski definition) is 2. The number of anilines is 1. The number of benzene rings is 2. The average molecular weight is 335 g/mol. The van der Waals surface area contributed by atoms with E-state index in [1.54, 1.807) is 0 Å². The summed E-state index contributed by atoms with van der Waals surface area (Å²) in [6.45, 7) is 8.27. The van der Waals surface area contributed by atoms with Crippen LogP contribution in [0.3, 0.4) is 0 Å². The number of amidine groups is 1. The lowest BCUT2D eigenvalue weighted by atomic mass is 9.87. The summed E-state index contributed by atoms with van der Waals surface area (Å²) in [5.41, 5.74) is 3.73. The third-order valence-electron chi connectivity index (χ3n) is 4.30. The number of nitrogens with zero attached hydrogens (tertiary/aromatic N) is 1. The third-order valence-corrected chi connectivity index (χ3v) is 4.30. The molecule has 0 saturated carbocycles. The predicted octanol–water partition coefficient (Wildman–Crippen LogP) is 3.98. The predicted molar refractivity (Wildman–Crippen MR) is 104 cm³/mol. The smallest absolute Gasteiger partial charge is 0.255 e. The van der Waals surface area contributed by atoms with Crippen molar-refractivity contribution < 1.29 is 4.79 Å². The van der Waals surface area contributed by atoms with Crippen LogP contribution >= 0.6 is 0 Å². The fourth-order valence-electron chi connectivity index (χ4n) is 2.80. The molecule has 0 saturated heterocycles. The molecular weight excluding hydrogens is 310 g/mol. The molecule has 4 nitrogen and oxygen atoms in total. The van der Waals surface area contributed by atoms with Gasteiger partial charge < -0.3 is 10.6 Å². The van der Waals surface area contributed by atoms with Gasteiger partial charge in [0, 0.05) is 29.9 Å². The first-order valence-electron chi connectivity index (χ1n) is 8.74. The summed E-state index contributed by atoms with van der Waals surface area (Å²) in [4.78, 5) is 17.0. The number of aliphatic imine (C=N–C) groups is 1. The van der Waals surface area contributed by atoms with Crippen molar-refractivity contribution in [3.05, 3.63) is 65.2 Å². The number of carbonyl (C=O) groups excluding carboxylic acids is 1. The van der Waals surface area contributed by atoms with Crippen molar-refractivity contribution in [3.8, 4) is 0 Å². The zero-order chi connectivity index (χ0) is 17.9. The number of hydrogen-bond acceptors (Lipinski definition) is 3. The van der Waals surface area contributed by atoms with Crippen molar-refractivity contribution in [1.82, 2.24) is 5.32 Å². The molecule has 0 fully saturated rings. The normalized spacial score (nSPS) is 14.4. The first-order valence-corrected chi connectivity index (χ1v) is 8.74. The van der Waals surface area contributed by atoms with Crippen molar-refractivity contribution in [2.45, 2.75) is 32.6 Å². The summed E-state index contributed by atoms with van der Waals surface area (Å²) in [6.07, 6.45) is 1.06. The highest BCUT2D eigenvalue weighted by atomic mass is 16.1. The van der Waals surface area contributed by atoms with E-state index in [1.165, 1.54) is 5.56 Å². The second-order valence-corrected chi connectivity index (χ2v) is 7.37. The maximum Gasteiger partial charge on any atom is 0.255 e. The van der Waals surface area contributed by atoms with Crippen LogP contribution in [0.2, 0.25) is 0 Å². The highest BCUT2D eigenvalue weighted by Gasteiger charge is 2.14. The van der Waals surface area contributed by atoms with Crippen molar-refractivity contribution in [2.24, 2.45) is 4.99 Å². The largest absolute Gasteiger partial charge is 0.370 e. The summed E-state index contributed by atoms with van der Waals surface area (Å²) < 4.78 is 0. The van der Waals surface area contributed by atoms with Gasteiger partial charge in [-0.05, 0) is 41.7 Å². The van der Waals surface area contributed by atoms with Gasteiger partial charge in [-0.25, -0.2) is 0 Å². The number of carbonyl (C=O) groups is 1. The van der Waals surface area contributed by atoms with E-state index in [1.807, 2.05) is 48.5 Å². The van der Waals surface area contributed by atoms with E-state index < -0.39 is 0 Å². The van der Waals surface area contributed by atoms with Gasteiger partial charge in [0.1, 0.15) is 5.84 Å². The minimum absolute atomic E-state index is 0.0804. The van der Waals surface area contributed by atoms with Crippen molar-refractivity contribution in [3.63, 3.8) is 0 Å². The molecule has 0 aliphatic carbocycles. The van der Waals surface area contributed by atoms with Crippen LogP contribution in [0.15, 0.2) is 53.5 Å². The van der Waals surface area contributed by atoms with Crippen LogP contribution in [0.25, 0.3) is 0 Å². The van der Waals surface area contributed by atoms with E-state index in [2.05, 4.69) is 36.4 Å². The Bertz CT molecular complexity index is 786. The average Bonchev–Trinajstić information content (AvgIpc) is 2.62. The summed E-state index contributed by atoms with van der Waals surface area (Å²) in [5, 5.41) is 6.28. The van der Waals surface area contributed by atoms with Gasteiger partial charge in [-0.3, -0.25) is 9.79 Å². The molecule has 130 valence electrons. The number of amides is 1. The summed E-state index contributed by atoms with van der Waals surface area (Å²) in [6, 6.07) is 15.6. The molecule has 0 spiro atoms. The Morgan fingerprint density at radius 1 is 1.12 bits per heavy atom. The Hall–Kier alpha value is -2.62. The van der Waals surface area contributed by atoms with Crippen LogP contribution < -0.4 is 10.6 Å². The van der Waals surface area contributed by atoms with Crippen molar-refractivity contribution in [2.75, 3.05) is 18.4 Å². The van der Waals surface area contributed by atoms with Crippen LogP contribution in [0.1, 0.15) is 48.7 Å². The van der Waals surface area contributed by atoms with Crippen LogP contribution in [-0.2, 0) is 5.41 Å². The Morgan fingerprint density at radius 2 is 1.88 bits per heavy atom. The lowest BCUT2D eigenvalue weighted by molar-refractivity contribution is 0.102. The fourth-order valence-corrected chi connectivity index (χ4v) is 2.80. The Labute approximate surface area is 149 Å². The lowest BCUT2D eigenvalue weighted by Crippen LogP contribution is -2.30. The van der Waals surface area contributed by atoms with Gasteiger partial charge in [0.25, 0.3) is 5.91 Å². The first kappa shape index (κ1) is 17.2. The Kier molecular flexibility index (Phi) is 4.88. The van der Waals surface area contributed by atoms with Crippen molar-refractivity contribution >= 4 is 17.4 Å². The summed E-state index contributed by atoms with van der Waals surface area (Å²) >= 11 is 0. The SMILES string of the molecule is CC(C)(C)c1ccc(C(=O)Nc2cccc(C3=NCCCN3)c2)cc1. The maximum atomic E-state index is 12.5. The molecule has 0 radical (unpaired) electrons. The minimum Gasteiger partial charge on any atom is -0.370 e. The molecule has 0 unspecified atom stereocenters. The molecule has 0 bridgehead atoms. The number of nitrogens with one attached hydrogen (secondary N) is 2. The number of rotatable bonds is 3. The zero-order valence-corrected chi connectivity index (χ0v) is 15.1. The minimum atomic E-state index is -0.101. The highest BCUT2D eigenvalue weighted by Crippen LogP contribution is 2.22. The molecule has 2 aromatic carbocycles. The second kappa shape index (κ2) is 7.09. The molecule has 0 atom stereocenters. The Balaban J connectivity index is 1.74. The molecule has 1 aliphatic rings. The highest BCUT2D eigenvalue weighted by molar-refractivity contribution is 6.05. The molecule has 2 aromatic rings. The Morgan fingerprint density at radius 3 is 2.52 bits per heavy atom. The molecule has 25 heavy (non-hydrogen) atoms. The summed E-state index contributed by atoms with van der Waals surface area (Å²) in [5.74, 6) is 0.799.